The van der Waals surface area contributed by atoms with Crippen LogP contribution in [0.3, 0.4) is 0 Å². The van der Waals surface area contributed by atoms with Gasteiger partial charge in [0.25, 0.3) is 0 Å². The summed E-state index contributed by atoms with van der Waals surface area (Å²) in [6.45, 7) is 3.05. The molecule has 0 fully saturated rings. The number of ether oxygens (including phenoxy) is 1. The average Bonchev–Trinajstić information content (AvgIpc) is 2.76. The molecule has 2 aromatic carbocycles. The third-order valence-corrected chi connectivity index (χ3v) is 5.04. The minimum Gasteiger partial charge on any atom is -0.487 e. The maximum absolute atomic E-state index is 14.5. The fourth-order valence-corrected chi connectivity index (χ4v) is 3.65. The number of aromatic nitrogens is 1. The molecule has 1 aliphatic rings. The number of hydrogen-bond donors (Lipinski definition) is 2. The molecule has 4 nitrogen and oxygen atoms in total. The first kappa shape index (κ1) is 19.2. The molecule has 3 aromatic rings. The van der Waals surface area contributed by atoms with Crippen molar-refractivity contribution in [2.75, 3.05) is 18.5 Å². The summed E-state index contributed by atoms with van der Waals surface area (Å²) >= 11 is 6.10. The van der Waals surface area contributed by atoms with Crippen LogP contribution in [0.25, 0.3) is 16.8 Å². The lowest BCUT2D eigenvalue weighted by molar-refractivity contribution is 0.320. The first-order valence-corrected chi connectivity index (χ1v) is 9.64. The summed E-state index contributed by atoms with van der Waals surface area (Å²) in [5, 5.41) is 11.4. The largest absolute Gasteiger partial charge is 0.487 e. The fourth-order valence-electron chi connectivity index (χ4n) is 3.48. The molecule has 0 saturated heterocycles. The monoisotopic (exact) mass is 407 g/mol. The fraction of sp³-hybridized carbons (Fsp3) is 0.130. The van der Waals surface area contributed by atoms with Crippen LogP contribution in [0.2, 0.25) is 5.02 Å². The van der Waals surface area contributed by atoms with Gasteiger partial charge < -0.3 is 15.5 Å². The van der Waals surface area contributed by atoms with Crippen molar-refractivity contribution < 1.29 is 9.13 Å². The minimum absolute atomic E-state index is 0.324. The molecular weight excluding hydrogens is 389 g/mol. The van der Waals surface area contributed by atoms with Crippen LogP contribution >= 0.6 is 11.6 Å². The van der Waals surface area contributed by atoms with E-state index < -0.39 is 5.82 Å². The van der Waals surface area contributed by atoms with Crippen LogP contribution in [0.15, 0.2) is 54.6 Å². The number of hydrogen-bond acceptors (Lipinski definition) is 4. The Bertz CT molecular complexity index is 1130. The summed E-state index contributed by atoms with van der Waals surface area (Å²) in [5.41, 5.74) is 4.13. The summed E-state index contributed by atoms with van der Waals surface area (Å²) in [6.07, 6.45) is 3.29. The molecule has 0 saturated carbocycles. The number of nitrogens with one attached hydrogen (secondary N) is 2. The van der Waals surface area contributed by atoms with Crippen molar-refractivity contribution in [3.05, 3.63) is 82.1 Å². The van der Waals surface area contributed by atoms with Crippen molar-refractivity contribution in [1.29, 1.82) is 5.41 Å². The van der Waals surface area contributed by atoms with Crippen LogP contribution in [0.5, 0.6) is 5.75 Å². The van der Waals surface area contributed by atoms with E-state index in [0.717, 1.165) is 22.3 Å². The quantitative estimate of drug-likeness (QED) is 0.538. The summed E-state index contributed by atoms with van der Waals surface area (Å²) < 4.78 is 20.5. The molecule has 0 aliphatic carbocycles. The Hall–Kier alpha value is -3.18. The number of pyridine rings is 1. The van der Waals surface area contributed by atoms with Crippen LogP contribution in [0.1, 0.15) is 23.6 Å². The van der Waals surface area contributed by atoms with Gasteiger partial charge in [0.05, 0.1) is 12.2 Å². The van der Waals surface area contributed by atoms with Gasteiger partial charge in [0, 0.05) is 22.4 Å². The van der Waals surface area contributed by atoms with E-state index in [9.17, 15) is 4.39 Å². The topological polar surface area (TPSA) is 58.0 Å². The maximum Gasteiger partial charge on any atom is 0.170 e. The number of allylic oxidation sites excluding steroid dienone is 1. The van der Waals surface area contributed by atoms with Crippen molar-refractivity contribution in [2.45, 2.75) is 6.92 Å². The Morgan fingerprint density at radius 3 is 2.83 bits per heavy atom. The van der Waals surface area contributed by atoms with Gasteiger partial charge in [-0.1, -0.05) is 41.9 Å². The Morgan fingerprint density at radius 2 is 2.03 bits per heavy atom. The Labute approximate surface area is 173 Å². The molecular formula is C23H19ClFN3O. The highest BCUT2D eigenvalue weighted by molar-refractivity contribution is 6.30. The molecule has 0 spiro atoms. The summed E-state index contributed by atoms with van der Waals surface area (Å²) in [4.78, 5) is 4.59. The second-order valence-corrected chi connectivity index (χ2v) is 7.00. The number of benzene rings is 2. The van der Waals surface area contributed by atoms with Gasteiger partial charge in [-0.05, 0) is 47.9 Å². The molecule has 4 rings (SSSR count). The van der Waals surface area contributed by atoms with E-state index >= 15 is 0 Å². The Kier molecular flexibility index (Phi) is 5.32. The minimum atomic E-state index is -0.397. The van der Waals surface area contributed by atoms with E-state index in [-0.39, 0.29) is 0 Å². The number of fused-ring (bicyclic) bond motifs is 1. The van der Waals surface area contributed by atoms with E-state index in [1.165, 1.54) is 18.3 Å². The second kappa shape index (κ2) is 8.05. The number of rotatable bonds is 4. The summed E-state index contributed by atoms with van der Waals surface area (Å²) in [7, 11) is 0. The smallest absolute Gasteiger partial charge is 0.170 e. The molecule has 1 aromatic heterocycles. The molecule has 0 radical (unpaired) electrons. The molecule has 6 heteroatoms. The van der Waals surface area contributed by atoms with E-state index in [1.807, 2.05) is 43.3 Å². The van der Waals surface area contributed by atoms with Gasteiger partial charge in [0.15, 0.2) is 11.6 Å². The highest BCUT2D eigenvalue weighted by Gasteiger charge is 2.23. The molecule has 0 bridgehead atoms. The first-order valence-electron chi connectivity index (χ1n) is 9.26. The predicted octanol–water partition coefficient (Wildman–Crippen LogP) is 5.79. The van der Waals surface area contributed by atoms with E-state index in [4.69, 9.17) is 21.7 Å². The van der Waals surface area contributed by atoms with Crippen molar-refractivity contribution in [3.8, 4) is 17.0 Å². The van der Waals surface area contributed by atoms with E-state index in [1.54, 1.807) is 6.07 Å². The van der Waals surface area contributed by atoms with Gasteiger partial charge >= 0.3 is 0 Å². The predicted molar refractivity (Wildman–Crippen MR) is 116 cm³/mol. The van der Waals surface area contributed by atoms with Crippen LogP contribution in [-0.2, 0) is 0 Å². The normalized spacial score (nSPS) is 13.3. The summed E-state index contributed by atoms with van der Waals surface area (Å²) in [5.74, 6) is 0.788. The molecule has 2 heterocycles. The van der Waals surface area contributed by atoms with Crippen LogP contribution in [0.4, 0.5) is 10.2 Å². The maximum atomic E-state index is 14.5. The molecule has 29 heavy (non-hydrogen) atoms. The highest BCUT2D eigenvalue weighted by atomic mass is 35.5. The van der Waals surface area contributed by atoms with E-state index in [2.05, 4.69) is 10.3 Å². The van der Waals surface area contributed by atoms with E-state index in [0.29, 0.717) is 41.0 Å². The van der Waals surface area contributed by atoms with Crippen molar-refractivity contribution >= 4 is 29.2 Å². The molecule has 1 aliphatic heterocycles. The van der Waals surface area contributed by atoms with Gasteiger partial charge in [-0.25, -0.2) is 9.37 Å². The van der Waals surface area contributed by atoms with Gasteiger partial charge in [-0.15, -0.1) is 0 Å². The van der Waals surface area contributed by atoms with Crippen molar-refractivity contribution in [1.82, 2.24) is 4.98 Å². The Morgan fingerprint density at radius 1 is 1.21 bits per heavy atom. The van der Waals surface area contributed by atoms with Crippen LogP contribution in [-0.4, -0.2) is 24.4 Å². The molecule has 0 amide bonds. The Balaban J connectivity index is 1.97. The third-order valence-electron chi connectivity index (χ3n) is 4.80. The average molecular weight is 408 g/mol. The van der Waals surface area contributed by atoms with Crippen LogP contribution in [0, 0.1) is 11.2 Å². The van der Waals surface area contributed by atoms with Gasteiger partial charge in [-0.2, -0.15) is 0 Å². The third kappa shape index (κ3) is 3.61. The van der Waals surface area contributed by atoms with Crippen molar-refractivity contribution in [3.63, 3.8) is 0 Å². The first-order chi connectivity index (χ1) is 14.1. The molecule has 2 N–H and O–H groups in total. The highest BCUT2D eigenvalue weighted by Crippen LogP contribution is 2.41. The SMILES string of the molecule is C/C=C(\c1ccccc1C=N)c1cc(-c2cc(Cl)ccc2F)nc2c1OCCN2. The molecule has 146 valence electrons. The van der Waals surface area contributed by atoms with Crippen molar-refractivity contribution in [2.24, 2.45) is 0 Å². The molecule has 0 atom stereocenters. The standard InChI is InChI=1S/C23H19ClFN3O/c1-2-16(17-6-4-3-5-14(17)13-26)18-12-21(19-11-15(24)7-8-20(19)25)28-23-22(18)29-10-9-27-23/h2-8,11-13,26H,9-10H2,1H3,(H,27,28)/b16-2+,26-13?. The lowest BCUT2D eigenvalue weighted by Gasteiger charge is -2.24. The molecule has 0 unspecified atom stereocenters. The number of nitrogens with zero attached hydrogens (tertiary/aromatic N) is 1. The lowest BCUT2D eigenvalue weighted by Crippen LogP contribution is -2.20. The number of halogens is 2. The zero-order valence-electron chi connectivity index (χ0n) is 15.8. The zero-order chi connectivity index (χ0) is 20.4. The lowest BCUT2D eigenvalue weighted by atomic mass is 9.92. The van der Waals surface area contributed by atoms with Crippen LogP contribution < -0.4 is 10.1 Å². The number of anilines is 1. The summed E-state index contributed by atoms with van der Waals surface area (Å²) in [6, 6.07) is 13.9. The second-order valence-electron chi connectivity index (χ2n) is 6.57. The zero-order valence-corrected chi connectivity index (χ0v) is 16.6. The van der Waals surface area contributed by atoms with Gasteiger partial charge in [0.2, 0.25) is 0 Å². The van der Waals surface area contributed by atoms with Gasteiger partial charge in [-0.3, -0.25) is 0 Å². The van der Waals surface area contributed by atoms with Gasteiger partial charge in [0.1, 0.15) is 12.4 Å².